The van der Waals surface area contributed by atoms with Gasteiger partial charge < -0.3 is 0 Å². The van der Waals surface area contributed by atoms with Crippen LogP contribution in [0.5, 0.6) is 0 Å². The molecular weight excluding hydrogens is 268 g/mol. The molecule has 4 nitrogen and oxygen atoms in total. The Hall–Kier alpha value is -2.88. The molecule has 0 saturated heterocycles. The fourth-order valence-electron chi connectivity index (χ4n) is 3.00. The fraction of sp³-hybridized carbons (Fsp3) is 0.0588. The molecule has 0 unspecified atom stereocenters. The second-order valence-electron chi connectivity index (χ2n) is 4.81. The maximum Gasteiger partial charge on any atom is 0.151 e. The van der Waals surface area contributed by atoms with E-state index >= 15 is 0 Å². The summed E-state index contributed by atoms with van der Waals surface area (Å²) < 4.78 is 0. The van der Waals surface area contributed by atoms with Crippen molar-refractivity contribution in [2.45, 2.75) is 6.42 Å². The summed E-state index contributed by atoms with van der Waals surface area (Å²) in [5, 5.41) is 0. The molecule has 0 atom stereocenters. The highest BCUT2D eigenvalue weighted by molar-refractivity contribution is 6.10. The Kier molecular flexibility index (Phi) is 3.06. The molecule has 0 bridgehead atoms. The topological polar surface area (TPSA) is 68.3 Å². The van der Waals surface area contributed by atoms with Gasteiger partial charge in [-0.1, -0.05) is 24.3 Å². The van der Waals surface area contributed by atoms with Gasteiger partial charge in [-0.2, -0.15) is 0 Å². The zero-order valence-electron chi connectivity index (χ0n) is 11.0. The molecule has 21 heavy (non-hydrogen) atoms. The molecule has 4 heteroatoms. The van der Waals surface area contributed by atoms with Gasteiger partial charge in [0.25, 0.3) is 0 Å². The van der Waals surface area contributed by atoms with Crippen LogP contribution in [0, 0.1) is 0 Å². The Balaban J connectivity index is 2.51. The van der Waals surface area contributed by atoms with Crippen molar-refractivity contribution in [3.05, 3.63) is 57.6 Å². The number of hydrogen-bond donors (Lipinski definition) is 0. The Labute approximate surface area is 120 Å². The standard InChI is InChI=1S/C17H10O4/c18-6-13-12-5-10-3-1-2-4-11(10)17(12)16(9-21)15(8-20)14(13)7-19/h1-4,6-9H,5H2. The maximum absolute atomic E-state index is 11.5. The first-order chi connectivity index (χ1) is 10.3. The van der Waals surface area contributed by atoms with E-state index in [4.69, 9.17) is 0 Å². The van der Waals surface area contributed by atoms with E-state index in [1.54, 1.807) is 0 Å². The first-order valence-corrected chi connectivity index (χ1v) is 6.38. The Morgan fingerprint density at radius 1 is 0.714 bits per heavy atom. The number of aldehydes is 4. The van der Waals surface area contributed by atoms with E-state index < -0.39 is 0 Å². The Morgan fingerprint density at radius 2 is 1.29 bits per heavy atom. The van der Waals surface area contributed by atoms with E-state index in [-0.39, 0.29) is 22.3 Å². The van der Waals surface area contributed by atoms with Gasteiger partial charge in [0.1, 0.15) is 0 Å². The minimum absolute atomic E-state index is 0.00587. The third kappa shape index (κ3) is 1.69. The lowest BCUT2D eigenvalue weighted by atomic mass is 9.88. The van der Waals surface area contributed by atoms with Gasteiger partial charge in [-0.05, 0) is 28.7 Å². The van der Waals surface area contributed by atoms with Gasteiger partial charge in [-0.15, -0.1) is 0 Å². The average molecular weight is 278 g/mol. The van der Waals surface area contributed by atoms with Crippen molar-refractivity contribution in [3.8, 4) is 11.1 Å². The SMILES string of the molecule is O=Cc1c(C=O)c(C=O)c2c(c1C=O)Cc1ccccc1-2. The molecule has 0 amide bonds. The average Bonchev–Trinajstić information content (AvgIpc) is 2.91. The molecule has 0 fully saturated rings. The molecule has 0 aromatic heterocycles. The monoisotopic (exact) mass is 278 g/mol. The lowest BCUT2D eigenvalue weighted by Crippen LogP contribution is -2.07. The van der Waals surface area contributed by atoms with Crippen LogP contribution < -0.4 is 0 Å². The highest BCUT2D eigenvalue weighted by Crippen LogP contribution is 2.42. The second kappa shape index (κ2) is 4.90. The van der Waals surface area contributed by atoms with Crippen molar-refractivity contribution in [1.29, 1.82) is 0 Å². The smallest absolute Gasteiger partial charge is 0.151 e. The minimum atomic E-state index is -0.0162. The number of hydrogen-bond acceptors (Lipinski definition) is 4. The van der Waals surface area contributed by atoms with E-state index in [9.17, 15) is 19.2 Å². The number of benzene rings is 2. The lowest BCUT2D eigenvalue weighted by Gasteiger charge is -2.12. The van der Waals surface area contributed by atoms with Crippen molar-refractivity contribution < 1.29 is 19.2 Å². The van der Waals surface area contributed by atoms with Crippen LogP contribution in [0.1, 0.15) is 52.6 Å². The Bertz CT molecular complexity index is 803. The fourth-order valence-corrected chi connectivity index (χ4v) is 3.00. The Morgan fingerprint density at radius 3 is 1.90 bits per heavy atom. The molecule has 1 aliphatic rings. The molecule has 102 valence electrons. The predicted molar refractivity (Wildman–Crippen MR) is 76.2 cm³/mol. The normalized spacial score (nSPS) is 11.4. The predicted octanol–water partition coefficient (Wildman–Crippen LogP) is 2.51. The van der Waals surface area contributed by atoms with Gasteiger partial charge >= 0.3 is 0 Å². The van der Waals surface area contributed by atoms with Crippen LogP contribution in [0.3, 0.4) is 0 Å². The van der Waals surface area contributed by atoms with Crippen molar-refractivity contribution in [1.82, 2.24) is 0 Å². The van der Waals surface area contributed by atoms with Gasteiger partial charge in [-0.25, -0.2) is 0 Å². The summed E-state index contributed by atoms with van der Waals surface area (Å²) in [5.74, 6) is 0. The van der Waals surface area contributed by atoms with E-state index in [2.05, 4.69) is 0 Å². The molecule has 0 N–H and O–H groups in total. The molecule has 3 rings (SSSR count). The molecule has 0 spiro atoms. The number of rotatable bonds is 4. The second-order valence-corrected chi connectivity index (χ2v) is 4.81. The number of carbonyl (C=O) groups is 4. The molecule has 1 aliphatic carbocycles. The highest BCUT2D eigenvalue weighted by atomic mass is 16.1. The van der Waals surface area contributed by atoms with Gasteiger partial charge in [0.15, 0.2) is 25.1 Å². The first-order valence-electron chi connectivity index (χ1n) is 6.38. The quantitative estimate of drug-likeness (QED) is 0.688. The summed E-state index contributed by atoms with van der Waals surface area (Å²) >= 11 is 0. The van der Waals surface area contributed by atoms with Crippen LogP contribution in [0.4, 0.5) is 0 Å². The molecule has 0 radical (unpaired) electrons. The third-order valence-electron chi connectivity index (χ3n) is 3.89. The summed E-state index contributed by atoms with van der Waals surface area (Å²) in [5.41, 5.74) is 3.39. The number of carbonyl (C=O) groups excluding carboxylic acids is 4. The molecule has 0 saturated carbocycles. The minimum Gasteiger partial charge on any atom is -0.298 e. The molecule has 0 heterocycles. The summed E-state index contributed by atoms with van der Waals surface area (Å²) in [7, 11) is 0. The van der Waals surface area contributed by atoms with Crippen molar-refractivity contribution in [2.24, 2.45) is 0 Å². The highest BCUT2D eigenvalue weighted by Gasteiger charge is 2.29. The van der Waals surface area contributed by atoms with Crippen molar-refractivity contribution in [2.75, 3.05) is 0 Å². The van der Waals surface area contributed by atoms with Crippen LogP contribution in [0.15, 0.2) is 24.3 Å². The van der Waals surface area contributed by atoms with Gasteiger partial charge in [-0.3, -0.25) is 19.2 Å². The zero-order valence-corrected chi connectivity index (χ0v) is 11.0. The van der Waals surface area contributed by atoms with Crippen molar-refractivity contribution >= 4 is 25.1 Å². The largest absolute Gasteiger partial charge is 0.298 e. The van der Waals surface area contributed by atoms with Crippen LogP contribution in [0.2, 0.25) is 0 Å². The molecular formula is C17H10O4. The van der Waals surface area contributed by atoms with Crippen molar-refractivity contribution in [3.63, 3.8) is 0 Å². The van der Waals surface area contributed by atoms with Gasteiger partial charge in [0, 0.05) is 22.3 Å². The lowest BCUT2D eigenvalue weighted by molar-refractivity contribution is 0.107. The zero-order chi connectivity index (χ0) is 15.0. The maximum atomic E-state index is 11.5. The van der Waals surface area contributed by atoms with Crippen LogP contribution in [-0.2, 0) is 6.42 Å². The van der Waals surface area contributed by atoms with Crippen LogP contribution in [0.25, 0.3) is 11.1 Å². The van der Waals surface area contributed by atoms with E-state index in [1.165, 1.54) is 0 Å². The summed E-state index contributed by atoms with van der Waals surface area (Å²) in [4.78, 5) is 45.4. The third-order valence-corrected chi connectivity index (χ3v) is 3.89. The van der Waals surface area contributed by atoms with Gasteiger partial charge in [0.05, 0.1) is 0 Å². The van der Waals surface area contributed by atoms with E-state index in [1.807, 2.05) is 24.3 Å². The van der Waals surface area contributed by atoms with E-state index in [0.29, 0.717) is 42.7 Å². The summed E-state index contributed by atoms with van der Waals surface area (Å²) in [6.45, 7) is 0. The van der Waals surface area contributed by atoms with Crippen LogP contribution in [-0.4, -0.2) is 25.1 Å². The molecule has 2 aromatic rings. The molecule has 2 aromatic carbocycles. The molecule has 0 aliphatic heterocycles. The summed E-state index contributed by atoms with van der Waals surface area (Å²) in [6, 6.07) is 7.45. The van der Waals surface area contributed by atoms with E-state index in [0.717, 1.165) is 11.1 Å². The summed E-state index contributed by atoms with van der Waals surface area (Å²) in [6.07, 6.45) is 2.55. The van der Waals surface area contributed by atoms with Crippen LogP contribution >= 0.6 is 0 Å². The number of fused-ring (bicyclic) bond motifs is 3. The first kappa shape index (κ1) is 13.1. The van der Waals surface area contributed by atoms with Gasteiger partial charge in [0.2, 0.25) is 0 Å².